The summed E-state index contributed by atoms with van der Waals surface area (Å²) in [5.41, 5.74) is 1.29. The van der Waals surface area contributed by atoms with Crippen molar-refractivity contribution < 1.29 is 0 Å². The zero-order chi connectivity index (χ0) is 11.5. The quantitative estimate of drug-likeness (QED) is 0.873. The summed E-state index contributed by atoms with van der Waals surface area (Å²) < 4.78 is 0.980. The molecule has 0 spiro atoms. The molecule has 16 heavy (non-hydrogen) atoms. The summed E-state index contributed by atoms with van der Waals surface area (Å²) in [4.78, 5) is 0. The summed E-state index contributed by atoms with van der Waals surface area (Å²) in [5, 5.41) is 4.41. The van der Waals surface area contributed by atoms with E-state index in [4.69, 9.17) is 11.6 Å². The predicted molar refractivity (Wildman–Crippen MR) is 72.8 cm³/mol. The first-order chi connectivity index (χ1) is 7.66. The Labute approximate surface area is 111 Å². The SMILES string of the molecule is CC1CCCC1NCc1ccc(Cl)c(Br)c1. The smallest absolute Gasteiger partial charge is 0.0548 e. The molecule has 0 aliphatic heterocycles. The van der Waals surface area contributed by atoms with Gasteiger partial charge in [0.05, 0.1) is 5.02 Å². The van der Waals surface area contributed by atoms with Gasteiger partial charge in [-0.15, -0.1) is 0 Å². The van der Waals surface area contributed by atoms with E-state index in [2.05, 4.69) is 40.3 Å². The first kappa shape index (κ1) is 12.4. The van der Waals surface area contributed by atoms with Crippen LogP contribution < -0.4 is 5.32 Å². The van der Waals surface area contributed by atoms with E-state index < -0.39 is 0 Å². The van der Waals surface area contributed by atoms with Crippen molar-refractivity contribution in [2.24, 2.45) is 5.92 Å². The molecule has 1 saturated carbocycles. The normalized spacial score (nSPS) is 24.9. The van der Waals surface area contributed by atoms with E-state index in [1.165, 1.54) is 24.8 Å². The van der Waals surface area contributed by atoms with Crippen molar-refractivity contribution in [1.82, 2.24) is 5.32 Å². The molecule has 2 rings (SSSR count). The summed E-state index contributed by atoms with van der Waals surface area (Å²) in [7, 11) is 0. The van der Waals surface area contributed by atoms with Gasteiger partial charge in [-0.25, -0.2) is 0 Å². The zero-order valence-corrected chi connectivity index (χ0v) is 11.8. The Morgan fingerprint density at radius 3 is 2.88 bits per heavy atom. The summed E-state index contributed by atoms with van der Waals surface area (Å²) in [6.45, 7) is 3.27. The molecule has 0 aromatic heterocycles. The van der Waals surface area contributed by atoms with E-state index in [1.807, 2.05) is 6.07 Å². The van der Waals surface area contributed by atoms with Crippen molar-refractivity contribution in [3.8, 4) is 0 Å². The van der Waals surface area contributed by atoms with Crippen molar-refractivity contribution >= 4 is 27.5 Å². The molecule has 1 fully saturated rings. The molecular weight excluding hydrogens is 286 g/mol. The maximum atomic E-state index is 5.96. The molecule has 0 heterocycles. The molecule has 0 radical (unpaired) electrons. The third-order valence-corrected chi connectivity index (χ3v) is 4.63. The van der Waals surface area contributed by atoms with E-state index in [-0.39, 0.29) is 0 Å². The first-order valence-corrected chi connectivity index (χ1v) is 7.01. The van der Waals surface area contributed by atoms with Gasteiger partial charge in [0.2, 0.25) is 0 Å². The second-order valence-corrected chi connectivity index (χ2v) is 5.91. The topological polar surface area (TPSA) is 12.0 Å². The maximum absolute atomic E-state index is 5.96. The Hall–Kier alpha value is -0.0500. The van der Waals surface area contributed by atoms with Gasteiger partial charge in [-0.2, -0.15) is 0 Å². The second-order valence-electron chi connectivity index (χ2n) is 4.64. The lowest BCUT2D eigenvalue weighted by atomic mass is 10.1. The van der Waals surface area contributed by atoms with Gasteiger partial charge in [0.15, 0.2) is 0 Å². The Morgan fingerprint density at radius 1 is 1.44 bits per heavy atom. The van der Waals surface area contributed by atoms with E-state index in [9.17, 15) is 0 Å². The third-order valence-electron chi connectivity index (χ3n) is 3.41. The lowest BCUT2D eigenvalue weighted by Crippen LogP contribution is -2.30. The molecule has 1 aromatic rings. The number of hydrogen-bond donors (Lipinski definition) is 1. The average Bonchev–Trinajstić information content (AvgIpc) is 2.66. The van der Waals surface area contributed by atoms with Gasteiger partial charge in [0.1, 0.15) is 0 Å². The molecule has 1 aliphatic rings. The Balaban J connectivity index is 1.91. The number of halogens is 2. The highest BCUT2D eigenvalue weighted by molar-refractivity contribution is 9.10. The molecule has 1 nitrogen and oxygen atoms in total. The Kier molecular flexibility index (Phi) is 4.28. The number of rotatable bonds is 3. The van der Waals surface area contributed by atoms with Crippen LogP contribution in [0.25, 0.3) is 0 Å². The highest BCUT2D eigenvalue weighted by Gasteiger charge is 2.22. The first-order valence-electron chi connectivity index (χ1n) is 5.84. The molecule has 3 heteroatoms. The van der Waals surface area contributed by atoms with E-state index >= 15 is 0 Å². The van der Waals surface area contributed by atoms with Gasteiger partial charge in [0.25, 0.3) is 0 Å². The minimum Gasteiger partial charge on any atom is -0.310 e. The maximum Gasteiger partial charge on any atom is 0.0548 e. The highest BCUT2D eigenvalue weighted by Crippen LogP contribution is 2.26. The number of nitrogens with one attached hydrogen (secondary N) is 1. The standard InChI is InChI=1S/C13H17BrClN/c1-9-3-2-4-13(9)16-8-10-5-6-12(15)11(14)7-10/h5-7,9,13,16H,2-4,8H2,1H3. The third kappa shape index (κ3) is 2.99. The van der Waals surface area contributed by atoms with Crippen LogP contribution in [-0.4, -0.2) is 6.04 Å². The molecule has 0 saturated heterocycles. The fraction of sp³-hybridized carbons (Fsp3) is 0.538. The van der Waals surface area contributed by atoms with Crippen LogP contribution in [0.3, 0.4) is 0 Å². The average molecular weight is 303 g/mol. The van der Waals surface area contributed by atoms with Crippen LogP contribution >= 0.6 is 27.5 Å². The lowest BCUT2D eigenvalue weighted by molar-refractivity contribution is 0.426. The van der Waals surface area contributed by atoms with Crippen LogP contribution in [-0.2, 0) is 6.54 Å². The van der Waals surface area contributed by atoms with Gasteiger partial charge in [-0.1, -0.05) is 31.0 Å². The molecular formula is C13H17BrClN. The van der Waals surface area contributed by atoms with Gasteiger partial charge in [0, 0.05) is 17.1 Å². The van der Waals surface area contributed by atoms with Crippen molar-refractivity contribution in [3.63, 3.8) is 0 Å². The Morgan fingerprint density at radius 2 is 2.25 bits per heavy atom. The molecule has 0 amide bonds. The van der Waals surface area contributed by atoms with E-state index in [1.54, 1.807) is 0 Å². The van der Waals surface area contributed by atoms with Crippen LogP contribution in [0, 0.1) is 5.92 Å². The van der Waals surface area contributed by atoms with Gasteiger partial charge >= 0.3 is 0 Å². The summed E-state index contributed by atoms with van der Waals surface area (Å²) in [6.07, 6.45) is 4.04. The predicted octanol–water partition coefficient (Wildman–Crippen LogP) is 4.38. The minimum atomic E-state index is 0.689. The summed E-state index contributed by atoms with van der Waals surface area (Å²) >= 11 is 9.42. The molecule has 1 aliphatic carbocycles. The molecule has 1 aromatic carbocycles. The van der Waals surface area contributed by atoms with Gasteiger partial charge in [-0.05, 0) is 52.4 Å². The van der Waals surface area contributed by atoms with E-state index in [0.717, 1.165) is 22.0 Å². The van der Waals surface area contributed by atoms with Crippen molar-refractivity contribution in [2.45, 2.75) is 38.8 Å². The largest absolute Gasteiger partial charge is 0.310 e. The van der Waals surface area contributed by atoms with Crippen LogP contribution in [0.2, 0.25) is 5.02 Å². The fourth-order valence-electron chi connectivity index (χ4n) is 2.35. The number of benzene rings is 1. The number of hydrogen-bond acceptors (Lipinski definition) is 1. The molecule has 0 bridgehead atoms. The summed E-state index contributed by atoms with van der Waals surface area (Å²) in [6, 6.07) is 6.81. The van der Waals surface area contributed by atoms with Gasteiger partial charge < -0.3 is 5.32 Å². The van der Waals surface area contributed by atoms with E-state index in [0.29, 0.717) is 6.04 Å². The summed E-state index contributed by atoms with van der Waals surface area (Å²) in [5.74, 6) is 0.816. The highest BCUT2D eigenvalue weighted by atomic mass is 79.9. The van der Waals surface area contributed by atoms with Crippen LogP contribution in [0.4, 0.5) is 0 Å². The lowest BCUT2D eigenvalue weighted by Gasteiger charge is -2.17. The minimum absolute atomic E-state index is 0.689. The van der Waals surface area contributed by atoms with Gasteiger partial charge in [-0.3, -0.25) is 0 Å². The van der Waals surface area contributed by atoms with Crippen LogP contribution in [0.1, 0.15) is 31.7 Å². The Bertz CT molecular complexity index is 367. The zero-order valence-electron chi connectivity index (χ0n) is 9.47. The fourth-order valence-corrected chi connectivity index (χ4v) is 2.89. The van der Waals surface area contributed by atoms with Crippen molar-refractivity contribution in [1.29, 1.82) is 0 Å². The second kappa shape index (κ2) is 5.52. The molecule has 88 valence electrons. The molecule has 2 unspecified atom stereocenters. The molecule has 2 atom stereocenters. The monoisotopic (exact) mass is 301 g/mol. The van der Waals surface area contributed by atoms with Crippen LogP contribution in [0.15, 0.2) is 22.7 Å². The molecule has 1 N–H and O–H groups in total. The van der Waals surface area contributed by atoms with Crippen molar-refractivity contribution in [2.75, 3.05) is 0 Å². The van der Waals surface area contributed by atoms with Crippen molar-refractivity contribution in [3.05, 3.63) is 33.3 Å². The van der Waals surface area contributed by atoms with Crippen LogP contribution in [0.5, 0.6) is 0 Å².